The highest BCUT2D eigenvalue weighted by atomic mass is 35.5. The first-order chi connectivity index (χ1) is 6.09. The molecular formula is C8H7ClO3S. The summed E-state index contributed by atoms with van der Waals surface area (Å²) >= 11 is 4.13. The van der Waals surface area contributed by atoms with Gasteiger partial charge in [0.15, 0.2) is 4.90 Å². The number of hydrogen-bond acceptors (Lipinski definition) is 2. The molecule has 1 aromatic carbocycles. The Hall–Kier alpha value is -0.710. The first-order valence-electron chi connectivity index (χ1n) is 3.45. The van der Waals surface area contributed by atoms with E-state index in [0.29, 0.717) is 9.92 Å². The first-order valence-corrected chi connectivity index (χ1v) is 5.15. The molecule has 0 radical (unpaired) electrons. The van der Waals surface area contributed by atoms with E-state index < -0.39 is 17.1 Å². The second kappa shape index (κ2) is 4.50. The molecule has 1 aromatic rings. The van der Waals surface area contributed by atoms with E-state index in [-0.39, 0.29) is 5.75 Å². The zero-order valence-corrected chi connectivity index (χ0v) is 8.14. The Morgan fingerprint density at radius 3 is 2.46 bits per heavy atom. The second-order valence-electron chi connectivity index (χ2n) is 2.34. The summed E-state index contributed by atoms with van der Waals surface area (Å²) in [5.74, 6) is -1.45. The van der Waals surface area contributed by atoms with Crippen LogP contribution >= 0.6 is 11.6 Å². The number of hydrogen-bond donors (Lipinski definition) is 1. The SMILES string of the molecule is O=C(O)C[S+]([O-])c1ccc(Cl)cc1. The molecule has 3 nitrogen and oxygen atoms in total. The maximum absolute atomic E-state index is 11.3. The number of carboxylic acids is 1. The van der Waals surface area contributed by atoms with Crippen molar-refractivity contribution in [3.63, 3.8) is 0 Å². The standard InChI is InChI=1S/C8H7ClO3S/c9-6-1-3-7(4-2-6)13(12)5-8(10)11/h1-4H,5H2,(H,10,11). The summed E-state index contributed by atoms with van der Waals surface area (Å²) in [7, 11) is 0. The van der Waals surface area contributed by atoms with Crippen LogP contribution in [-0.4, -0.2) is 21.4 Å². The molecule has 0 fully saturated rings. The molecule has 1 unspecified atom stereocenters. The molecule has 0 aromatic heterocycles. The van der Waals surface area contributed by atoms with Crippen LogP contribution in [0.1, 0.15) is 0 Å². The van der Waals surface area contributed by atoms with Crippen molar-refractivity contribution in [3.05, 3.63) is 29.3 Å². The highest BCUT2D eigenvalue weighted by Gasteiger charge is 2.14. The van der Waals surface area contributed by atoms with E-state index in [2.05, 4.69) is 0 Å². The van der Waals surface area contributed by atoms with Crippen LogP contribution in [-0.2, 0) is 16.0 Å². The molecule has 0 aliphatic carbocycles. The van der Waals surface area contributed by atoms with E-state index in [1.165, 1.54) is 0 Å². The Labute approximate surface area is 83.5 Å². The van der Waals surface area contributed by atoms with Gasteiger partial charge in [-0.1, -0.05) is 11.6 Å². The number of carboxylic acid groups (broad SMARTS) is 1. The van der Waals surface area contributed by atoms with Crippen LogP contribution in [0.5, 0.6) is 0 Å². The average Bonchev–Trinajstić information content (AvgIpc) is 2.04. The van der Waals surface area contributed by atoms with Gasteiger partial charge in [0.05, 0.1) is 0 Å². The summed E-state index contributed by atoms with van der Waals surface area (Å²) in [6.07, 6.45) is 0. The van der Waals surface area contributed by atoms with Gasteiger partial charge in [-0.05, 0) is 35.4 Å². The summed E-state index contributed by atoms with van der Waals surface area (Å²) in [5.41, 5.74) is 0. The lowest BCUT2D eigenvalue weighted by Crippen LogP contribution is -2.15. The van der Waals surface area contributed by atoms with E-state index in [0.717, 1.165) is 0 Å². The summed E-state index contributed by atoms with van der Waals surface area (Å²) in [6.45, 7) is 0. The van der Waals surface area contributed by atoms with Gasteiger partial charge >= 0.3 is 5.97 Å². The number of carbonyl (C=O) groups is 1. The normalized spacial score (nSPS) is 12.5. The van der Waals surface area contributed by atoms with Crippen LogP contribution in [0.15, 0.2) is 29.2 Å². The Morgan fingerprint density at radius 1 is 1.46 bits per heavy atom. The van der Waals surface area contributed by atoms with E-state index in [1.807, 2.05) is 0 Å². The topological polar surface area (TPSA) is 60.4 Å². The first kappa shape index (κ1) is 10.4. The molecule has 5 heteroatoms. The monoisotopic (exact) mass is 218 g/mol. The minimum atomic E-state index is -1.48. The lowest BCUT2D eigenvalue weighted by molar-refractivity contribution is -0.134. The minimum absolute atomic E-state index is 0.373. The molecule has 0 amide bonds. The van der Waals surface area contributed by atoms with Crippen LogP contribution in [0.3, 0.4) is 0 Å². The zero-order chi connectivity index (χ0) is 9.84. The lowest BCUT2D eigenvalue weighted by atomic mass is 10.4. The van der Waals surface area contributed by atoms with E-state index in [9.17, 15) is 9.35 Å². The third-order valence-corrected chi connectivity index (χ3v) is 2.89. The van der Waals surface area contributed by atoms with E-state index in [4.69, 9.17) is 16.7 Å². The lowest BCUT2D eigenvalue weighted by Gasteiger charge is -2.06. The molecule has 0 saturated heterocycles. The molecule has 0 heterocycles. The summed E-state index contributed by atoms with van der Waals surface area (Å²) in [5, 5.41) is 8.92. The highest BCUT2D eigenvalue weighted by Crippen LogP contribution is 2.15. The maximum atomic E-state index is 11.3. The fourth-order valence-electron chi connectivity index (χ4n) is 0.782. The molecule has 0 spiro atoms. The maximum Gasteiger partial charge on any atom is 0.354 e. The summed E-state index contributed by atoms with van der Waals surface area (Å²) in [4.78, 5) is 10.7. The molecule has 13 heavy (non-hydrogen) atoms. The van der Waals surface area contributed by atoms with Gasteiger partial charge in [-0.3, -0.25) is 0 Å². The van der Waals surface area contributed by atoms with Gasteiger partial charge in [0.1, 0.15) is 0 Å². The van der Waals surface area contributed by atoms with Crippen molar-refractivity contribution in [2.24, 2.45) is 0 Å². The van der Waals surface area contributed by atoms with E-state index in [1.54, 1.807) is 24.3 Å². The van der Waals surface area contributed by atoms with Gasteiger partial charge in [-0.2, -0.15) is 0 Å². The Bertz CT molecular complexity index is 299. The number of aliphatic carboxylic acids is 1. The number of benzene rings is 1. The molecule has 0 aliphatic heterocycles. The van der Waals surface area contributed by atoms with Gasteiger partial charge in [0.25, 0.3) is 0 Å². The van der Waals surface area contributed by atoms with Crippen LogP contribution in [0.2, 0.25) is 5.02 Å². The van der Waals surface area contributed by atoms with E-state index >= 15 is 0 Å². The molecule has 0 bridgehead atoms. The third kappa shape index (κ3) is 3.26. The predicted molar refractivity (Wildman–Crippen MR) is 50.4 cm³/mol. The molecule has 0 saturated carbocycles. The van der Waals surface area contributed by atoms with Gasteiger partial charge in [0.2, 0.25) is 5.75 Å². The zero-order valence-electron chi connectivity index (χ0n) is 6.57. The largest absolute Gasteiger partial charge is 0.611 e. The average molecular weight is 219 g/mol. The number of halogens is 1. The minimum Gasteiger partial charge on any atom is -0.611 e. The fraction of sp³-hybridized carbons (Fsp3) is 0.125. The summed E-state index contributed by atoms with van der Waals surface area (Å²) < 4.78 is 11.3. The van der Waals surface area contributed by atoms with Crippen LogP contribution in [0, 0.1) is 0 Å². The van der Waals surface area contributed by atoms with Gasteiger partial charge in [0, 0.05) is 5.02 Å². The van der Waals surface area contributed by atoms with Crippen molar-refractivity contribution in [3.8, 4) is 0 Å². The fourth-order valence-corrected chi connectivity index (χ4v) is 1.74. The van der Waals surface area contributed by atoms with Crippen molar-refractivity contribution in [2.75, 3.05) is 5.75 Å². The molecule has 1 rings (SSSR count). The molecular weight excluding hydrogens is 212 g/mol. The van der Waals surface area contributed by atoms with Crippen molar-refractivity contribution in [2.45, 2.75) is 4.90 Å². The Balaban J connectivity index is 2.71. The Morgan fingerprint density at radius 2 is 2.00 bits per heavy atom. The van der Waals surface area contributed by atoms with Crippen LogP contribution < -0.4 is 0 Å². The quantitative estimate of drug-likeness (QED) is 0.783. The van der Waals surface area contributed by atoms with Gasteiger partial charge < -0.3 is 9.66 Å². The smallest absolute Gasteiger partial charge is 0.354 e. The highest BCUT2D eigenvalue weighted by molar-refractivity contribution is 7.92. The molecule has 70 valence electrons. The summed E-state index contributed by atoms with van der Waals surface area (Å²) in [6, 6.07) is 6.27. The second-order valence-corrected chi connectivity index (χ2v) is 4.23. The van der Waals surface area contributed by atoms with Crippen molar-refractivity contribution in [1.82, 2.24) is 0 Å². The van der Waals surface area contributed by atoms with Crippen LogP contribution in [0.25, 0.3) is 0 Å². The van der Waals surface area contributed by atoms with Crippen molar-refractivity contribution < 1.29 is 14.5 Å². The van der Waals surface area contributed by atoms with Gasteiger partial charge in [-0.25, -0.2) is 4.79 Å². The van der Waals surface area contributed by atoms with Crippen molar-refractivity contribution in [1.29, 1.82) is 0 Å². The van der Waals surface area contributed by atoms with Gasteiger partial charge in [-0.15, -0.1) is 0 Å². The predicted octanol–water partition coefficient (Wildman–Crippen LogP) is 1.53. The Kier molecular flexibility index (Phi) is 3.59. The molecule has 0 aliphatic rings. The number of rotatable bonds is 3. The third-order valence-electron chi connectivity index (χ3n) is 1.33. The van der Waals surface area contributed by atoms with Crippen molar-refractivity contribution >= 4 is 28.7 Å². The van der Waals surface area contributed by atoms with Crippen LogP contribution in [0.4, 0.5) is 0 Å². The molecule has 1 atom stereocenters. The molecule has 1 N–H and O–H groups in total.